The average molecular weight is 354 g/mol. The van der Waals surface area contributed by atoms with Gasteiger partial charge in [-0.3, -0.25) is 4.68 Å². The molecule has 0 N–H and O–H groups in total. The van der Waals surface area contributed by atoms with Crippen LogP contribution in [0.2, 0.25) is 0 Å². The van der Waals surface area contributed by atoms with Crippen LogP contribution in [0.15, 0.2) is 28.7 Å². The molecule has 1 aromatic carbocycles. The zero-order chi connectivity index (χ0) is 14.3. The molecule has 3 aromatic rings. The van der Waals surface area contributed by atoms with Crippen molar-refractivity contribution < 1.29 is 0 Å². The lowest BCUT2D eigenvalue weighted by atomic mass is 10.2. The molecule has 0 spiro atoms. The van der Waals surface area contributed by atoms with E-state index in [1.54, 1.807) is 0 Å². The molecule has 0 aliphatic carbocycles. The number of rotatable bonds is 3. The van der Waals surface area contributed by atoms with Gasteiger partial charge in [0, 0.05) is 11.5 Å². The number of fused-ring (bicyclic) bond motifs is 1. The van der Waals surface area contributed by atoms with Gasteiger partial charge in [-0.25, -0.2) is 4.98 Å². The third-order valence-electron chi connectivity index (χ3n) is 3.37. The fourth-order valence-corrected chi connectivity index (χ4v) is 3.06. The summed E-state index contributed by atoms with van der Waals surface area (Å²) in [5, 5.41) is 4.43. The number of alkyl halides is 1. The first-order chi connectivity index (χ1) is 9.61. The van der Waals surface area contributed by atoms with Crippen LogP contribution in [0.1, 0.15) is 17.1 Å². The van der Waals surface area contributed by atoms with Crippen LogP contribution in [0.5, 0.6) is 0 Å². The highest BCUT2D eigenvalue weighted by Gasteiger charge is 2.17. The Hall–Kier alpha value is -1.33. The smallest absolute Gasteiger partial charge is 0.159 e. The third-order valence-corrected chi connectivity index (χ3v) is 4.39. The van der Waals surface area contributed by atoms with Gasteiger partial charge < -0.3 is 4.57 Å². The summed E-state index contributed by atoms with van der Waals surface area (Å²) < 4.78 is 5.08. The molecular formula is C14H14BrClN4. The third kappa shape index (κ3) is 2.15. The van der Waals surface area contributed by atoms with Crippen molar-refractivity contribution in [3.05, 3.63) is 45.8 Å². The molecule has 0 fully saturated rings. The highest BCUT2D eigenvalue weighted by atomic mass is 79.9. The molecule has 0 saturated heterocycles. The fraction of sp³-hybridized carbons (Fsp3) is 0.286. The van der Waals surface area contributed by atoms with Crippen molar-refractivity contribution in [2.45, 2.75) is 19.3 Å². The first kappa shape index (κ1) is 13.6. The van der Waals surface area contributed by atoms with Crippen LogP contribution < -0.4 is 0 Å². The van der Waals surface area contributed by atoms with Crippen molar-refractivity contribution in [1.82, 2.24) is 19.3 Å². The van der Waals surface area contributed by atoms with Crippen LogP contribution in [0.3, 0.4) is 0 Å². The maximum absolute atomic E-state index is 6.05. The number of halogens is 2. The molecule has 0 aliphatic heterocycles. The fourth-order valence-electron chi connectivity index (χ4n) is 2.45. The standard InChI is InChI=1S/C14H14BrClN4/c1-9-13-14(19(2)18-9)20(12(7-16)17-13)8-10-5-3-4-6-11(10)15/h3-6H,7-8H2,1-2H3. The molecule has 0 aliphatic rings. The summed E-state index contributed by atoms with van der Waals surface area (Å²) in [6.07, 6.45) is 0. The Morgan fingerprint density at radius 3 is 2.75 bits per heavy atom. The largest absolute Gasteiger partial charge is 0.307 e. The molecule has 0 saturated carbocycles. The van der Waals surface area contributed by atoms with E-state index in [1.807, 2.05) is 36.9 Å². The number of nitrogens with zero attached hydrogens (tertiary/aromatic N) is 4. The van der Waals surface area contributed by atoms with E-state index < -0.39 is 0 Å². The Kier molecular flexibility index (Phi) is 3.56. The lowest BCUT2D eigenvalue weighted by Gasteiger charge is -2.09. The molecule has 2 heterocycles. The SMILES string of the molecule is Cc1nn(C)c2c1nc(CCl)n2Cc1ccccc1Br. The Morgan fingerprint density at radius 1 is 1.30 bits per heavy atom. The van der Waals surface area contributed by atoms with E-state index in [-0.39, 0.29) is 0 Å². The van der Waals surface area contributed by atoms with Crippen molar-refractivity contribution in [3.63, 3.8) is 0 Å². The predicted molar refractivity (Wildman–Crippen MR) is 84.0 cm³/mol. The topological polar surface area (TPSA) is 35.6 Å². The van der Waals surface area contributed by atoms with Gasteiger partial charge in [-0.2, -0.15) is 5.10 Å². The molecule has 0 unspecified atom stereocenters. The zero-order valence-electron chi connectivity index (χ0n) is 11.3. The van der Waals surface area contributed by atoms with Crippen molar-refractivity contribution in [2.75, 3.05) is 0 Å². The molecule has 3 rings (SSSR count). The Labute approximate surface area is 130 Å². The maximum atomic E-state index is 6.05. The molecule has 6 heteroatoms. The van der Waals surface area contributed by atoms with Crippen LogP contribution in [-0.2, 0) is 19.5 Å². The van der Waals surface area contributed by atoms with Crippen molar-refractivity contribution in [1.29, 1.82) is 0 Å². The van der Waals surface area contributed by atoms with Crippen molar-refractivity contribution in [2.24, 2.45) is 7.05 Å². The molecule has 20 heavy (non-hydrogen) atoms. The molecule has 0 amide bonds. The molecule has 0 radical (unpaired) electrons. The summed E-state index contributed by atoms with van der Waals surface area (Å²) in [6, 6.07) is 8.17. The van der Waals surface area contributed by atoms with Gasteiger partial charge in [0.25, 0.3) is 0 Å². The molecule has 2 aromatic heterocycles. The van der Waals surface area contributed by atoms with Gasteiger partial charge in [0.15, 0.2) is 5.65 Å². The summed E-state index contributed by atoms with van der Waals surface area (Å²) >= 11 is 9.63. The molecule has 0 atom stereocenters. The quantitative estimate of drug-likeness (QED) is 0.674. The Balaban J connectivity index is 2.17. The van der Waals surface area contributed by atoms with E-state index in [0.717, 1.165) is 33.7 Å². The van der Waals surface area contributed by atoms with Gasteiger partial charge in [-0.05, 0) is 18.6 Å². The number of hydrogen-bond donors (Lipinski definition) is 0. The molecule has 4 nitrogen and oxygen atoms in total. The van der Waals surface area contributed by atoms with Gasteiger partial charge in [-0.1, -0.05) is 34.1 Å². The summed E-state index contributed by atoms with van der Waals surface area (Å²) in [4.78, 5) is 4.61. The number of hydrogen-bond acceptors (Lipinski definition) is 2. The predicted octanol–water partition coefficient (Wildman–Crippen LogP) is 3.63. The molecular weight excluding hydrogens is 340 g/mol. The first-order valence-corrected chi connectivity index (χ1v) is 7.62. The van der Waals surface area contributed by atoms with E-state index in [4.69, 9.17) is 11.6 Å². The lowest BCUT2D eigenvalue weighted by Crippen LogP contribution is -2.08. The van der Waals surface area contributed by atoms with Gasteiger partial charge in [0.1, 0.15) is 11.3 Å². The number of aryl methyl sites for hydroxylation is 2. The minimum atomic E-state index is 0.387. The minimum Gasteiger partial charge on any atom is -0.307 e. The monoisotopic (exact) mass is 352 g/mol. The molecule has 104 valence electrons. The summed E-state index contributed by atoms with van der Waals surface area (Å²) in [5.41, 5.74) is 4.06. The highest BCUT2D eigenvalue weighted by molar-refractivity contribution is 9.10. The summed E-state index contributed by atoms with van der Waals surface area (Å²) in [7, 11) is 1.94. The van der Waals surface area contributed by atoms with E-state index in [0.29, 0.717) is 5.88 Å². The second kappa shape index (κ2) is 5.22. The van der Waals surface area contributed by atoms with Gasteiger partial charge >= 0.3 is 0 Å². The minimum absolute atomic E-state index is 0.387. The number of aromatic nitrogens is 4. The lowest BCUT2D eigenvalue weighted by molar-refractivity contribution is 0.701. The normalized spacial score (nSPS) is 11.4. The number of benzene rings is 1. The second-order valence-electron chi connectivity index (χ2n) is 4.72. The first-order valence-electron chi connectivity index (χ1n) is 6.30. The van der Waals surface area contributed by atoms with E-state index in [1.165, 1.54) is 5.56 Å². The van der Waals surface area contributed by atoms with Crippen LogP contribution in [0.4, 0.5) is 0 Å². The maximum Gasteiger partial charge on any atom is 0.159 e. The van der Waals surface area contributed by atoms with Crippen LogP contribution in [0.25, 0.3) is 11.2 Å². The van der Waals surface area contributed by atoms with E-state index in [2.05, 4.69) is 36.6 Å². The highest BCUT2D eigenvalue weighted by Crippen LogP contribution is 2.24. The van der Waals surface area contributed by atoms with E-state index in [9.17, 15) is 0 Å². The number of imidazole rings is 1. The van der Waals surface area contributed by atoms with Crippen molar-refractivity contribution >= 4 is 38.7 Å². The van der Waals surface area contributed by atoms with Gasteiger partial charge in [0.2, 0.25) is 0 Å². The average Bonchev–Trinajstić information content (AvgIpc) is 2.92. The zero-order valence-corrected chi connectivity index (χ0v) is 13.6. The van der Waals surface area contributed by atoms with Crippen LogP contribution >= 0.6 is 27.5 Å². The van der Waals surface area contributed by atoms with Gasteiger partial charge in [0.05, 0.1) is 18.1 Å². The van der Waals surface area contributed by atoms with Crippen LogP contribution in [-0.4, -0.2) is 19.3 Å². The van der Waals surface area contributed by atoms with Gasteiger partial charge in [-0.15, -0.1) is 11.6 Å². The van der Waals surface area contributed by atoms with Crippen LogP contribution in [0, 0.1) is 6.92 Å². The van der Waals surface area contributed by atoms with Crippen molar-refractivity contribution in [3.8, 4) is 0 Å². The molecule has 0 bridgehead atoms. The van der Waals surface area contributed by atoms with E-state index >= 15 is 0 Å². The summed E-state index contributed by atoms with van der Waals surface area (Å²) in [6.45, 7) is 2.69. The summed E-state index contributed by atoms with van der Waals surface area (Å²) in [5.74, 6) is 1.26. The Morgan fingerprint density at radius 2 is 2.05 bits per heavy atom. The second-order valence-corrected chi connectivity index (χ2v) is 5.84. The Bertz CT molecular complexity index is 775.